The summed E-state index contributed by atoms with van der Waals surface area (Å²) in [5.41, 5.74) is 0.153. The van der Waals surface area contributed by atoms with Gasteiger partial charge in [-0.3, -0.25) is 9.59 Å². The number of ether oxygens (including phenoxy) is 1. The zero-order valence-electron chi connectivity index (χ0n) is 8.46. The fourth-order valence-corrected chi connectivity index (χ4v) is 1.25. The van der Waals surface area contributed by atoms with E-state index >= 15 is 0 Å². The summed E-state index contributed by atoms with van der Waals surface area (Å²) < 4.78 is 5.17. The van der Waals surface area contributed by atoms with Crippen molar-refractivity contribution >= 4 is 11.6 Å². The molecule has 0 radical (unpaired) electrons. The Kier molecular flexibility index (Phi) is 3.02. The van der Waals surface area contributed by atoms with E-state index < -0.39 is 0 Å². The van der Waals surface area contributed by atoms with Crippen molar-refractivity contribution in [1.29, 1.82) is 0 Å². The van der Waals surface area contributed by atoms with Crippen LogP contribution in [0.25, 0.3) is 0 Å². The predicted molar refractivity (Wildman–Crippen MR) is 52.4 cm³/mol. The molecule has 0 atom stereocenters. The van der Waals surface area contributed by atoms with Crippen LogP contribution in [-0.4, -0.2) is 11.6 Å². The van der Waals surface area contributed by atoms with Crippen LogP contribution in [0.2, 0.25) is 0 Å². The molecule has 0 fully saturated rings. The van der Waals surface area contributed by atoms with Crippen molar-refractivity contribution < 1.29 is 14.3 Å². The molecule has 1 rings (SSSR count). The smallest absolute Gasteiger partial charge is 0.235 e. The molecule has 1 aliphatic rings. The monoisotopic (exact) mass is 192 g/mol. The summed E-state index contributed by atoms with van der Waals surface area (Å²) in [5, 5.41) is 0. The first kappa shape index (κ1) is 10.4. The first-order valence-electron chi connectivity index (χ1n) is 4.35. The lowest BCUT2D eigenvalue weighted by molar-refractivity contribution is -0.118. The van der Waals surface area contributed by atoms with Gasteiger partial charge < -0.3 is 4.74 Å². The first-order chi connectivity index (χ1) is 6.57. The van der Waals surface area contributed by atoms with E-state index in [0.29, 0.717) is 5.76 Å². The Morgan fingerprint density at radius 2 is 2.07 bits per heavy atom. The van der Waals surface area contributed by atoms with E-state index in [9.17, 15) is 9.59 Å². The summed E-state index contributed by atoms with van der Waals surface area (Å²) in [5.74, 6) is 0.0218. The second-order valence-corrected chi connectivity index (χ2v) is 2.98. The van der Waals surface area contributed by atoms with Crippen LogP contribution >= 0.6 is 0 Å². The summed E-state index contributed by atoms with van der Waals surface area (Å²) in [7, 11) is 0. The Labute approximate surface area is 82.8 Å². The number of carbonyl (C=O) groups is 2. The molecule has 0 aromatic heterocycles. The number of rotatable bonds is 2. The third-order valence-corrected chi connectivity index (χ3v) is 1.86. The highest BCUT2D eigenvalue weighted by Crippen LogP contribution is 2.24. The number of Topliss-reactive ketones (excluding diaryl/α,β-unsaturated/α-hetero) is 2. The molecule has 0 saturated carbocycles. The topological polar surface area (TPSA) is 43.4 Å². The van der Waals surface area contributed by atoms with Crippen molar-refractivity contribution in [3.05, 3.63) is 35.3 Å². The van der Waals surface area contributed by atoms with Crippen molar-refractivity contribution in [3.8, 4) is 0 Å². The number of hydrogen-bond acceptors (Lipinski definition) is 3. The van der Waals surface area contributed by atoms with E-state index in [0.717, 1.165) is 0 Å². The molecule has 0 aromatic carbocycles. The highest BCUT2D eigenvalue weighted by Gasteiger charge is 2.30. The van der Waals surface area contributed by atoms with Gasteiger partial charge in [0, 0.05) is 0 Å². The normalized spacial score (nSPS) is 19.6. The van der Waals surface area contributed by atoms with Crippen molar-refractivity contribution in [2.45, 2.75) is 20.8 Å². The number of allylic oxidation sites excluding steroid dienone is 5. The molecule has 1 heterocycles. The van der Waals surface area contributed by atoms with Crippen LogP contribution in [0.4, 0.5) is 0 Å². The second kappa shape index (κ2) is 4.05. The molecule has 0 unspecified atom stereocenters. The van der Waals surface area contributed by atoms with Gasteiger partial charge >= 0.3 is 0 Å². The van der Waals surface area contributed by atoms with Gasteiger partial charge in [-0.1, -0.05) is 12.2 Å². The van der Waals surface area contributed by atoms with E-state index in [-0.39, 0.29) is 22.9 Å². The lowest BCUT2D eigenvalue weighted by Crippen LogP contribution is -2.07. The van der Waals surface area contributed by atoms with E-state index in [1.165, 1.54) is 6.92 Å². The molecule has 3 heteroatoms. The molecule has 0 aromatic rings. The highest BCUT2D eigenvalue weighted by atomic mass is 16.5. The first-order valence-corrected chi connectivity index (χ1v) is 4.35. The van der Waals surface area contributed by atoms with Crippen LogP contribution in [0.15, 0.2) is 35.3 Å². The van der Waals surface area contributed by atoms with Crippen molar-refractivity contribution in [1.82, 2.24) is 0 Å². The number of hydrogen-bond donors (Lipinski definition) is 0. The lowest BCUT2D eigenvalue weighted by atomic mass is 10.1. The third kappa shape index (κ3) is 1.82. The average Bonchev–Trinajstić information content (AvgIpc) is 2.38. The van der Waals surface area contributed by atoms with Crippen LogP contribution in [0.3, 0.4) is 0 Å². The molecular formula is C11H12O3. The van der Waals surface area contributed by atoms with Gasteiger partial charge in [-0.15, -0.1) is 0 Å². The Morgan fingerprint density at radius 3 is 2.50 bits per heavy atom. The fourth-order valence-electron chi connectivity index (χ4n) is 1.25. The predicted octanol–water partition coefficient (Wildman–Crippen LogP) is 1.91. The second-order valence-electron chi connectivity index (χ2n) is 2.98. The molecule has 1 aliphatic heterocycles. The molecule has 0 bridgehead atoms. The van der Waals surface area contributed by atoms with E-state index in [2.05, 4.69) is 0 Å². The van der Waals surface area contributed by atoms with Gasteiger partial charge in [0.1, 0.15) is 11.3 Å². The number of ketones is 2. The molecule has 14 heavy (non-hydrogen) atoms. The van der Waals surface area contributed by atoms with E-state index in [1.807, 2.05) is 6.92 Å². The quantitative estimate of drug-likeness (QED) is 0.495. The molecule has 0 amide bonds. The Bertz CT molecular complexity index is 370. The van der Waals surface area contributed by atoms with Gasteiger partial charge in [-0.05, 0) is 26.8 Å². The molecule has 0 N–H and O–H groups in total. The van der Waals surface area contributed by atoms with Crippen molar-refractivity contribution in [2.24, 2.45) is 0 Å². The van der Waals surface area contributed by atoms with Gasteiger partial charge in [0.2, 0.25) is 5.78 Å². The van der Waals surface area contributed by atoms with E-state index in [4.69, 9.17) is 4.74 Å². The molecule has 0 spiro atoms. The SMILES string of the molecule is CC=C/C=C1/OC(C)=C(C(C)=O)C1=O. The van der Waals surface area contributed by atoms with Crippen LogP contribution in [0, 0.1) is 0 Å². The standard InChI is InChI=1S/C11H12O3/c1-4-5-6-9-11(13)10(7(2)12)8(3)14-9/h4-6H,1-3H3/b5-4?,9-6+. The Hall–Kier alpha value is -1.64. The fraction of sp³-hybridized carbons (Fsp3) is 0.273. The maximum Gasteiger partial charge on any atom is 0.235 e. The maximum absolute atomic E-state index is 11.6. The van der Waals surface area contributed by atoms with Crippen LogP contribution in [0.1, 0.15) is 20.8 Å². The van der Waals surface area contributed by atoms with E-state index in [1.54, 1.807) is 25.2 Å². The highest BCUT2D eigenvalue weighted by molar-refractivity contribution is 6.26. The molecule has 0 aliphatic carbocycles. The van der Waals surface area contributed by atoms with Gasteiger partial charge in [0.05, 0.1) is 0 Å². The molecular weight excluding hydrogens is 180 g/mol. The minimum atomic E-state index is -0.326. The Morgan fingerprint density at radius 1 is 1.43 bits per heavy atom. The zero-order chi connectivity index (χ0) is 10.7. The minimum Gasteiger partial charge on any atom is -0.457 e. The van der Waals surface area contributed by atoms with Crippen molar-refractivity contribution in [2.75, 3.05) is 0 Å². The van der Waals surface area contributed by atoms with Crippen LogP contribution in [-0.2, 0) is 14.3 Å². The van der Waals surface area contributed by atoms with Gasteiger partial charge in [-0.25, -0.2) is 0 Å². The summed E-state index contributed by atoms with van der Waals surface area (Å²) in [6.45, 7) is 4.81. The minimum absolute atomic E-state index is 0.153. The lowest BCUT2D eigenvalue weighted by Gasteiger charge is -1.94. The van der Waals surface area contributed by atoms with Gasteiger partial charge in [0.25, 0.3) is 0 Å². The van der Waals surface area contributed by atoms with Crippen LogP contribution < -0.4 is 0 Å². The summed E-state index contributed by atoms with van der Waals surface area (Å²) in [4.78, 5) is 22.6. The molecule has 0 saturated heterocycles. The number of carbonyl (C=O) groups excluding carboxylic acids is 2. The van der Waals surface area contributed by atoms with Gasteiger partial charge in [0.15, 0.2) is 11.5 Å². The average molecular weight is 192 g/mol. The maximum atomic E-state index is 11.6. The summed E-state index contributed by atoms with van der Waals surface area (Å²) in [6, 6.07) is 0. The van der Waals surface area contributed by atoms with Gasteiger partial charge in [-0.2, -0.15) is 0 Å². The third-order valence-electron chi connectivity index (χ3n) is 1.86. The van der Waals surface area contributed by atoms with Crippen LogP contribution in [0.5, 0.6) is 0 Å². The molecule has 74 valence electrons. The largest absolute Gasteiger partial charge is 0.457 e. The summed E-state index contributed by atoms with van der Waals surface area (Å²) >= 11 is 0. The zero-order valence-corrected chi connectivity index (χ0v) is 8.46. The molecule has 3 nitrogen and oxygen atoms in total. The Balaban J connectivity index is 3.00. The summed E-state index contributed by atoms with van der Waals surface area (Å²) in [6.07, 6.45) is 5.04. The van der Waals surface area contributed by atoms with Crippen molar-refractivity contribution in [3.63, 3.8) is 0 Å².